The van der Waals surface area contributed by atoms with Crippen molar-refractivity contribution in [1.29, 1.82) is 0 Å². The van der Waals surface area contributed by atoms with Crippen LogP contribution in [0.3, 0.4) is 0 Å². The zero-order valence-electron chi connectivity index (χ0n) is 6.63. The second-order valence-electron chi connectivity index (χ2n) is 2.12. The molecule has 0 atom stereocenters. The summed E-state index contributed by atoms with van der Waals surface area (Å²) in [5, 5.41) is 7.12. The minimum atomic E-state index is -5.08. The molecule has 80 valence electrons. The van der Waals surface area contributed by atoms with Crippen LogP contribution in [0.15, 0.2) is 0 Å². The SMILES string of the molecule is C1CCOC1.F.O=C(O)C(F)(F)F. The van der Waals surface area contributed by atoms with Crippen LogP contribution in [-0.4, -0.2) is 30.5 Å². The maximum Gasteiger partial charge on any atom is 0.490 e. The van der Waals surface area contributed by atoms with E-state index in [1.165, 1.54) is 12.8 Å². The third-order valence-corrected chi connectivity index (χ3v) is 1.07. The summed E-state index contributed by atoms with van der Waals surface area (Å²) >= 11 is 0. The van der Waals surface area contributed by atoms with E-state index in [2.05, 4.69) is 0 Å². The van der Waals surface area contributed by atoms with E-state index < -0.39 is 12.1 Å². The van der Waals surface area contributed by atoms with Gasteiger partial charge in [0, 0.05) is 13.2 Å². The lowest BCUT2D eigenvalue weighted by Crippen LogP contribution is -2.21. The Kier molecular flexibility index (Phi) is 7.49. The van der Waals surface area contributed by atoms with Gasteiger partial charge >= 0.3 is 12.1 Å². The number of hydrogen-bond donors (Lipinski definition) is 1. The molecule has 1 heterocycles. The van der Waals surface area contributed by atoms with Gasteiger partial charge in [-0.05, 0) is 12.8 Å². The first-order chi connectivity index (χ1) is 5.44. The molecule has 0 unspecified atom stereocenters. The van der Waals surface area contributed by atoms with E-state index in [0.717, 1.165) is 13.2 Å². The van der Waals surface area contributed by atoms with Crippen molar-refractivity contribution in [3.8, 4) is 0 Å². The van der Waals surface area contributed by atoms with Gasteiger partial charge in [-0.2, -0.15) is 13.2 Å². The Hall–Kier alpha value is -0.850. The van der Waals surface area contributed by atoms with Gasteiger partial charge in [-0.25, -0.2) is 4.79 Å². The summed E-state index contributed by atoms with van der Waals surface area (Å²) in [7, 11) is 0. The maximum atomic E-state index is 10.6. The molecule has 1 aliphatic heterocycles. The van der Waals surface area contributed by atoms with Crippen molar-refractivity contribution in [1.82, 2.24) is 0 Å². The van der Waals surface area contributed by atoms with E-state index in [1.807, 2.05) is 0 Å². The first kappa shape index (κ1) is 14.7. The maximum absolute atomic E-state index is 10.6. The predicted molar refractivity (Wildman–Crippen MR) is 36.2 cm³/mol. The van der Waals surface area contributed by atoms with E-state index in [0.29, 0.717) is 0 Å². The fraction of sp³-hybridized carbons (Fsp3) is 0.833. The largest absolute Gasteiger partial charge is 0.490 e. The molecule has 1 saturated heterocycles. The normalized spacial score (nSPS) is 15.3. The highest BCUT2D eigenvalue weighted by Gasteiger charge is 2.38. The molecular weight excluding hydrogens is 196 g/mol. The van der Waals surface area contributed by atoms with Crippen LogP contribution in [0.4, 0.5) is 17.9 Å². The zero-order valence-corrected chi connectivity index (χ0v) is 6.63. The molecular formula is C6H10F4O3. The Bertz CT molecular complexity index is 134. The van der Waals surface area contributed by atoms with Crippen molar-refractivity contribution in [3.05, 3.63) is 0 Å². The molecule has 0 amide bonds. The monoisotopic (exact) mass is 206 g/mol. The van der Waals surface area contributed by atoms with Crippen molar-refractivity contribution < 1.29 is 32.5 Å². The third kappa shape index (κ3) is 9.06. The van der Waals surface area contributed by atoms with Crippen molar-refractivity contribution >= 4 is 5.97 Å². The van der Waals surface area contributed by atoms with E-state index in [1.54, 1.807) is 0 Å². The molecule has 0 bridgehead atoms. The first-order valence-electron chi connectivity index (χ1n) is 3.32. The van der Waals surface area contributed by atoms with Crippen LogP contribution in [0.1, 0.15) is 12.8 Å². The first-order valence-corrected chi connectivity index (χ1v) is 3.32. The molecule has 3 nitrogen and oxygen atoms in total. The average Bonchev–Trinajstić information content (AvgIpc) is 2.39. The number of carboxylic acid groups (broad SMARTS) is 1. The quantitative estimate of drug-likeness (QED) is 0.612. The molecule has 0 spiro atoms. The number of alkyl halides is 3. The summed E-state index contributed by atoms with van der Waals surface area (Å²) in [5.74, 6) is -2.76. The van der Waals surface area contributed by atoms with E-state index in [-0.39, 0.29) is 4.70 Å². The van der Waals surface area contributed by atoms with Crippen molar-refractivity contribution in [2.75, 3.05) is 13.2 Å². The molecule has 0 aromatic carbocycles. The summed E-state index contributed by atoms with van der Waals surface area (Å²) in [6, 6.07) is 0. The van der Waals surface area contributed by atoms with E-state index in [9.17, 15) is 13.2 Å². The fourth-order valence-electron chi connectivity index (χ4n) is 0.510. The second kappa shape index (κ2) is 6.64. The molecule has 0 aromatic heterocycles. The fourth-order valence-corrected chi connectivity index (χ4v) is 0.510. The van der Waals surface area contributed by atoms with Crippen LogP contribution >= 0.6 is 0 Å². The predicted octanol–water partition coefficient (Wildman–Crippen LogP) is 1.58. The van der Waals surface area contributed by atoms with Crippen LogP contribution in [-0.2, 0) is 9.53 Å². The Labute approximate surface area is 71.9 Å². The Morgan fingerprint density at radius 1 is 1.23 bits per heavy atom. The smallest absolute Gasteiger partial charge is 0.475 e. The van der Waals surface area contributed by atoms with Crippen LogP contribution < -0.4 is 0 Å². The highest BCUT2D eigenvalue weighted by molar-refractivity contribution is 5.73. The van der Waals surface area contributed by atoms with Crippen LogP contribution in [0.2, 0.25) is 0 Å². The molecule has 0 saturated carbocycles. The average molecular weight is 206 g/mol. The lowest BCUT2D eigenvalue weighted by molar-refractivity contribution is -0.192. The topological polar surface area (TPSA) is 46.5 Å². The summed E-state index contributed by atoms with van der Waals surface area (Å²) in [5.41, 5.74) is 0. The molecule has 1 rings (SSSR count). The lowest BCUT2D eigenvalue weighted by atomic mass is 10.4. The van der Waals surface area contributed by atoms with Gasteiger partial charge in [-0.15, -0.1) is 0 Å². The van der Waals surface area contributed by atoms with Gasteiger partial charge in [0.1, 0.15) is 0 Å². The molecule has 0 aliphatic carbocycles. The number of hydrogen-bond acceptors (Lipinski definition) is 2. The summed E-state index contributed by atoms with van der Waals surface area (Å²) < 4.78 is 36.7. The third-order valence-electron chi connectivity index (χ3n) is 1.07. The van der Waals surface area contributed by atoms with Gasteiger partial charge < -0.3 is 9.84 Å². The summed E-state index contributed by atoms with van der Waals surface area (Å²) in [4.78, 5) is 8.90. The highest BCUT2D eigenvalue weighted by atomic mass is 19.4. The van der Waals surface area contributed by atoms with Gasteiger partial charge in [0.2, 0.25) is 0 Å². The Balaban J connectivity index is 0. The van der Waals surface area contributed by atoms with Crippen molar-refractivity contribution in [2.45, 2.75) is 19.0 Å². The number of rotatable bonds is 0. The number of aliphatic carboxylic acids is 1. The van der Waals surface area contributed by atoms with Crippen molar-refractivity contribution in [3.63, 3.8) is 0 Å². The molecule has 0 radical (unpaired) electrons. The van der Waals surface area contributed by atoms with Crippen LogP contribution in [0.25, 0.3) is 0 Å². The molecule has 1 fully saturated rings. The van der Waals surface area contributed by atoms with Gasteiger partial charge in [-0.3, -0.25) is 4.70 Å². The van der Waals surface area contributed by atoms with Crippen molar-refractivity contribution in [2.24, 2.45) is 0 Å². The van der Waals surface area contributed by atoms with Gasteiger partial charge in [-0.1, -0.05) is 0 Å². The zero-order chi connectivity index (χ0) is 9.61. The van der Waals surface area contributed by atoms with Crippen LogP contribution in [0.5, 0.6) is 0 Å². The molecule has 1 N–H and O–H groups in total. The molecule has 7 heteroatoms. The second-order valence-corrected chi connectivity index (χ2v) is 2.12. The van der Waals surface area contributed by atoms with Crippen LogP contribution in [0, 0.1) is 0 Å². The van der Waals surface area contributed by atoms with Gasteiger partial charge in [0.25, 0.3) is 0 Å². The molecule has 0 aromatic rings. The van der Waals surface area contributed by atoms with E-state index in [4.69, 9.17) is 14.6 Å². The summed E-state index contributed by atoms with van der Waals surface area (Å²) in [6.07, 6.45) is -2.53. The van der Waals surface area contributed by atoms with Gasteiger partial charge in [0.15, 0.2) is 0 Å². The number of carboxylic acids is 1. The summed E-state index contributed by atoms with van der Waals surface area (Å²) in [6.45, 7) is 2.00. The number of halogens is 4. The molecule has 1 aliphatic rings. The highest BCUT2D eigenvalue weighted by Crippen LogP contribution is 2.13. The van der Waals surface area contributed by atoms with E-state index >= 15 is 0 Å². The Morgan fingerprint density at radius 2 is 1.54 bits per heavy atom. The number of ether oxygens (including phenoxy) is 1. The lowest BCUT2D eigenvalue weighted by Gasteiger charge is -1.93. The minimum Gasteiger partial charge on any atom is -0.475 e. The number of carbonyl (C=O) groups is 1. The standard InChI is InChI=1S/C4H8O.C2HF3O2.FH/c1-2-4-5-3-1;3-2(4,5)1(6)7;/h1-4H2;(H,6,7);1H. The Morgan fingerprint density at radius 3 is 1.62 bits per heavy atom. The van der Waals surface area contributed by atoms with Gasteiger partial charge in [0.05, 0.1) is 0 Å². The molecule has 13 heavy (non-hydrogen) atoms. The minimum absolute atomic E-state index is 0.